The molecule has 0 bridgehead atoms. The fourth-order valence-electron chi connectivity index (χ4n) is 2.01. The minimum Gasteiger partial charge on any atom is -0.507 e. The molecule has 0 heterocycles. The Morgan fingerprint density at radius 1 is 0.895 bits per heavy atom. The van der Waals surface area contributed by atoms with E-state index < -0.39 is 0 Å². The number of phenols is 1. The molecule has 2 nitrogen and oxygen atoms in total. The molecule has 19 heavy (non-hydrogen) atoms. The van der Waals surface area contributed by atoms with E-state index in [0.717, 1.165) is 5.30 Å². The summed E-state index contributed by atoms with van der Waals surface area (Å²) >= 11 is 0. The molecule has 0 aliphatic carbocycles. The first-order chi connectivity index (χ1) is 8.97. The predicted octanol–water partition coefficient (Wildman–Crippen LogP) is 2.70. The zero-order valence-corrected chi connectivity index (χ0v) is 12.9. The molecule has 3 heteroatoms. The van der Waals surface area contributed by atoms with Crippen LogP contribution in [0.1, 0.15) is 11.1 Å². The van der Waals surface area contributed by atoms with Gasteiger partial charge < -0.3 is 10.0 Å². The number of aryl methyl sites for hydroxylation is 2. The molecule has 2 aromatic carbocycles. The van der Waals surface area contributed by atoms with Crippen LogP contribution in [0.5, 0.6) is 5.75 Å². The average molecular weight is 273 g/mol. The van der Waals surface area contributed by atoms with E-state index >= 15 is 0 Å². The molecule has 2 rings (SSSR count). The van der Waals surface area contributed by atoms with Crippen molar-refractivity contribution in [3.63, 3.8) is 0 Å². The van der Waals surface area contributed by atoms with Gasteiger partial charge in [0.2, 0.25) is 0 Å². The van der Waals surface area contributed by atoms with Crippen molar-refractivity contribution >= 4 is 24.9 Å². The molecule has 1 atom stereocenters. The lowest BCUT2D eigenvalue weighted by Gasteiger charge is -2.18. The second-order valence-corrected chi connectivity index (χ2v) is 6.39. The Bertz CT molecular complexity index is 593. The van der Waals surface area contributed by atoms with Gasteiger partial charge in [0.25, 0.3) is 0 Å². The predicted molar refractivity (Wildman–Crippen MR) is 85.9 cm³/mol. The van der Waals surface area contributed by atoms with E-state index in [1.54, 1.807) is 6.07 Å². The topological polar surface area (TPSA) is 23.5 Å². The monoisotopic (exact) mass is 273 g/mol. The smallest absolute Gasteiger partial charge is 0.123 e. The van der Waals surface area contributed by atoms with Gasteiger partial charge in [0.15, 0.2) is 0 Å². The van der Waals surface area contributed by atoms with E-state index in [2.05, 4.69) is 57.1 Å². The maximum atomic E-state index is 9.97. The van der Waals surface area contributed by atoms with Crippen molar-refractivity contribution in [1.29, 1.82) is 0 Å². The Morgan fingerprint density at radius 3 is 2.21 bits per heavy atom. The average Bonchev–Trinajstić information content (AvgIpc) is 2.35. The molecule has 2 aromatic rings. The van der Waals surface area contributed by atoms with Crippen LogP contribution < -0.4 is 15.5 Å². The van der Waals surface area contributed by atoms with Crippen LogP contribution >= 0.6 is 8.58 Å². The van der Waals surface area contributed by atoms with Crippen LogP contribution in [0.2, 0.25) is 0 Å². The summed E-state index contributed by atoms with van der Waals surface area (Å²) in [6.07, 6.45) is 0. The first-order valence-electron chi connectivity index (χ1n) is 6.32. The van der Waals surface area contributed by atoms with E-state index in [4.69, 9.17) is 0 Å². The van der Waals surface area contributed by atoms with Crippen LogP contribution in [-0.4, -0.2) is 19.2 Å². The van der Waals surface area contributed by atoms with Gasteiger partial charge in [-0.3, -0.25) is 0 Å². The number of rotatable bonds is 3. The second-order valence-electron chi connectivity index (χ2n) is 5.06. The molecule has 0 spiro atoms. The van der Waals surface area contributed by atoms with Crippen molar-refractivity contribution in [2.75, 3.05) is 19.0 Å². The SMILES string of the molecule is Cc1ccc(O)c(Pc2ccc(C)cc2N(C)C)c1. The zero-order valence-electron chi connectivity index (χ0n) is 11.9. The van der Waals surface area contributed by atoms with E-state index in [1.807, 2.05) is 6.07 Å². The van der Waals surface area contributed by atoms with Crippen LogP contribution in [0.3, 0.4) is 0 Å². The van der Waals surface area contributed by atoms with Crippen molar-refractivity contribution in [2.24, 2.45) is 0 Å². The third-order valence-corrected chi connectivity index (χ3v) is 4.42. The lowest BCUT2D eigenvalue weighted by atomic mass is 10.2. The van der Waals surface area contributed by atoms with Gasteiger partial charge in [0.05, 0.1) is 0 Å². The van der Waals surface area contributed by atoms with Gasteiger partial charge in [-0.2, -0.15) is 0 Å². The lowest BCUT2D eigenvalue weighted by molar-refractivity contribution is 0.479. The van der Waals surface area contributed by atoms with Crippen molar-refractivity contribution in [3.8, 4) is 5.75 Å². The third-order valence-electron chi connectivity index (χ3n) is 3.06. The van der Waals surface area contributed by atoms with Crippen LogP contribution in [0.4, 0.5) is 5.69 Å². The van der Waals surface area contributed by atoms with Gasteiger partial charge in [0.1, 0.15) is 5.75 Å². The Hall–Kier alpha value is -1.53. The molecule has 100 valence electrons. The number of hydrogen-bond donors (Lipinski definition) is 1. The van der Waals surface area contributed by atoms with Gasteiger partial charge in [-0.05, 0) is 37.6 Å². The van der Waals surface area contributed by atoms with Crippen molar-refractivity contribution in [1.82, 2.24) is 0 Å². The fraction of sp³-hybridized carbons (Fsp3) is 0.250. The Kier molecular flexibility index (Phi) is 4.11. The van der Waals surface area contributed by atoms with Gasteiger partial charge in [0, 0.05) is 30.4 Å². The molecule has 0 amide bonds. The fourth-order valence-corrected chi connectivity index (χ4v) is 3.40. The highest BCUT2D eigenvalue weighted by Crippen LogP contribution is 2.24. The van der Waals surface area contributed by atoms with Gasteiger partial charge in [-0.1, -0.05) is 32.3 Å². The Morgan fingerprint density at radius 2 is 1.53 bits per heavy atom. The van der Waals surface area contributed by atoms with E-state index in [9.17, 15) is 5.11 Å². The zero-order chi connectivity index (χ0) is 14.0. The van der Waals surface area contributed by atoms with Crippen LogP contribution in [0, 0.1) is 13.8 Å². The number of nitrogens with zero attached hydrogens (tertiary/aromatic N) is 1. The molecular formula is C16H20NOP. The molecule has 0 saturated heterocycles. The summed E-state index contributed by atoms with van der Waals surface area (Å²) in [5, 5.41) is 12.2. The molecular weight excluding hydrogens is 253 g/mol. The van der Waals surface area contributed by atoms with Gasteiger partial charge in [-0.15, -0.1) is 0 Å². The quantitative estimate of drug-likeness (QED) is 0.869. The van der Waals surface area contributed by atoms with Crippen molar-refractivity contribution in [2.45, 2.75) is 13.8 Å². The standard InChI is InChI=1S/C16H20NOP/c1-11-6-8-15(13(9-11)17(3)4)19-16-10-12(2)5-7-14(16)18/h5-10,18-19H,1-4H3. The number of hydrogen-bond acceptors (Lipinski definition) is 2. The summed E-state index contributed by atoms with van der Waals surface area (Å²) in [5.74, 6) is 0.384. The summed E-state index contributed by atoms with van der Waals surface area (Å²) in [7, 11) is 4.58. The molecule has 0 aliphatic heterocycles. The van der Waals surface area contributed by atoms with Crippen molar-refractivity contribution < 1.29 is 5.11 Å². The number of phenolic OH excluding ortho intramolecular Hbond substituents is 1. The molecule has 0 radical (unpaired) electrons. The minimum atomic E-state index is 0.384. The van der Waals surface area contributed by atoms with Crippen LogP contribution in [0.15, 0.2) is 36.4 Å². The number of benzene rings is 2. The first-order valence-corrected chi connectivity index (χ1v) is 7.32. The molecule has 0 fully saturated rings. The highest BCUT2D eigenvalue weighted by Gasteiger charge is 2.09. The van der Waals surface area contributed by atoms with Gasteiger partial charge >= 0.3 is 0 Å². The third kappa shape index (κ3) is 3.27. The van der Waals surface area contributed by atoms with E-state index in [1.165, 1.54) is 22.1 Å². The normalized spacial score (nSPS) is 11.2. The number of anilines is 1. The lowest BCUT2D eigenvalue weighted by Crippen LogP contribution is -2.18. The molecule has 0 aliphatic rings. The second kappa shape index (κ2) is 5.63. The molecule has 0 saturated carbocycles. The summed E-state index contributed by atoms with van der Waals surface area (Å²) in [6.45, 7) is 4.15. The summed E-state index contributed by atoms with van der Waals surface area (Å²) < 4.78 is 0. The van der Waals surface area contributed by atoms with Crippen LogP contribution in [0.25, 0.3) is 0 Å². The highest BCUT2D eigenvalue weighted by atomic mass is 31.1. The van der Waals surface area contributed by atoms with E-state index in [-0.39, 0.29) is 0 Å². The largest absolute Gasteiger partial charge is 0.507 e. The molecule has 1 N–H and O–H groups in total. The summed E-state index contributed by atoms with van der Waals surface area (Å²) in [4.78, 5) is 2.13. The minimum absolute atomic E-state index is 0.384. The summed E-state index contributed by atoms with van der Waals surface area (Å²) in [6, 6.07) is 12.3. The van der Waals surface area contributed by atoms with Gasteiger partial charge in [-0.25, -0.2) is 0 Å². The molecule has 0 aromatic heterocycles. The highest BCUT2D eigenvalue weighted by molar-refractivity contribution is 7.56. The Labute approximate surface area is 116 Å². The maximum Gasteiger partial charge on any atom is 0.123 e. The molecule has 1 unspecified atom stereocenters. The number of aromatic hydroxyl groups is 1. The van der Waals surface area contributed by atoms with E-state index in [0.29, 0.717) is 14.3 Å². The first kappa shape index (κ1) is 13.9. The Balaban J connectivity index is 2.40. The van der Waals surface area contributed by atoms with Crippen molar-refractivity contribution in [3.05, 3.63) is 47.5 Å². The summed E-state index contributed by atoms with van der Waals surface area (Å²) in [5.41, 5.74) is 3.66. The maximum absolute atomic E-state index is 9.97. The van der Waals surface area contributed by atoms with Crippen LogP contribution in [-0.2, 0) is 0 Å².